The van der Waals surface area contributed by atoms with Gasteiger partial charge >= 0.3 is 0 Å². The highest BCUT2D eigenvalue weighted by Crippen LogP contribution is 2.34. The molecule has 0 aromatic heterocycles. The zero-order valence-electron chi connectivity index (χ0n) is 14.3. The van der Waals surface area contributed by atoms with Crippen LogP contribution in [0.3, 0.4) is 0 Å². The molecule has 3 heteroatoms. The molecule has 0 aromatic rings. The summed E-state index contributed by atoms with van der Waals surface area (Å²) < 4.78 is 0. The van der Waals surface area contributed by atoms with Crippen LogP contribution in [0.2, 0.25) is 0 Å². The summed E-state index contributed by atoms with van der Waals surface area (Å²) in [5.74, 6) is 2.05. The molecule has 0 amide bonds. The third-order valence-electron chi connectivity index (χ3n) is 4.95. The maximum atomic E-state index is 10.3. The molecular formula is C17H36N2O. The van der Waals surface area contributed by atoms with Crippen molar-refractivity contribution in [3.63, 3.8) is 0 Å². The smallest absolute Gasteiger partial charge is 0.0580 e. The van der Waals surface area contributed by atoms with Crippen molar-refractivity contribution < 1.29 is 5.11 Å². The van der Waals surface area contributed by atoms with E-state index in [1.54, 1.807) is 0 Å². The van der Waals surface area contributed by atoms with Gasteiger partial charge in [0.05, 0.1) is 6.10 Å². The lowest BCUT2D eigenvalue weighted by atomic mass is 9.74. The van der Waals surface area contributed by atoms with Crippen LogP contribution >= 0.6 is 0 Å². The van der Waals surface area contributed by atoms with Crippen LogP contribution in [0.25, 0.3) is 0 Å². The lowest BCUT2D eigenvalue weighted by Gasteiger charge is -2.38. The van der Waals surface area contributed by atoms with Crippen LogP contribution in [0.15, 0.2) is 0 Å². The number of nitrogens with zero attached hydrogens (tertiary/aromatic N) is 2. The summed E-state index contributed by atoms with van der Waals surface area (Å²) in [7, 11) is 4.27. The summed E-state index contributed by atoms with van der Waals surface area (Å²) in [5.41, 5.74) is 0. The van der Waals surface area contributed by atoms with Gasteiger partial charge in [0, 0.05) is 6.54 Å². The Bertz CT molecular complexity index is 255. The Balaban J connectivity index is 2.41. The van der Waals surface area contributed by atoms with E-state index in [9.17, 15) is 5.11 Å². The standard InChI is InChI=1S/C17H36N2O/c1-6-19(11-7-10-18(4)5)13-16-12-15(14(2)3)8-9-17(16)20/h14-17,20H,6-13H2,1-5H3. The van der Waals surface area contributed by atoms with E-state index in [0.717, 1.165) is 44.4 Å². The van der Waals surface area contributed by atoms with E-state index in [1.165, 1.54) is 19.3 Å². The minimum atomic E-state index is -0.0760. The number of hydrogen-bond donors (Lipinski definition) is 1. The van der Waals surface area contributed by atoms with Crippen LogP contribution in [0, 0.1) is 17.8 Å². The Morgan fingerprint density at radius 2 is 1.85 bits per heavy atom. The summed E-state index contributed by atoms with van der Waals surface area (Å²) in [4.78, 5) is 4.78. The van der Waals surface area contributed by atoms with E-state index in [2.05, 4.69) is 44.7 Å². The van der Waals surface area contributed by atoms with E-state index in [1.807, 2.05) is 0 Å². The van der Waals surface area contributed by atoms with Crippen molar-refractivity contribution in [1.82, 2.24) is 9.80 Å². The highest BCUT2D eigenvalue weighted by atomic mass is 16.3. The quantitative estimate of drug-likeness (QED) is 0.742. The van der Waals surface area contributed by atoms with Crippen molar-refractivity contribution in [2.75, 3.05) is 40.3 Å². The second kappa shape index (κ2) is 9.01. The lowest BCUT2D eigenvalue weighted by Crippen LogP contribution is -2.40. The van der Waals surface area contributed by atoms with Crippen molar-refractivity contribution in [1.29, 1.82) is 0 Å². The van der Waals surface area contributed by atoms with Crippen LogP contribution in [0.4, 0.5) is 0 Å². The molecule has 20 heavy (non-hydrogen) atoms. The molecule has 3 atom stereocenters. The van der Waals surface area contributed by atoms with Crippen LogP contribution in [0.1, 0.15) is 46.5 Å². The van der Waals surface area contributed by atoms with Gasteiger partial charge < -0.3 is 14.9 Å². The summed E-state index contributed by atoms with van der Waals surface area (Å²) in [6.45, 7) is 11.4. The average Bonchev–Trinajstić information content (AvgIpc) is 2.39. The first-order chi connectivity index (χ1) is 9.43. The minimum absolute atomic E-state index is 0.0760. The van der Waals surface area contributed by atoms with Gasteiger partial charge in [0.15, 0.2) is 0 Å². The Kier molecular flexibility index (Phi) is 8.08. The van der Waals surface area contributed by atoms with Gasteiger partial charge in [-0.25, -0.2) is 0 Å². The molecule has 1 saturated carbocycles. The maximum absolute atomic E-state index is 10.3. The van der Waals surface area contributed by atoms with Crippen LogP contribution in [0.5, 0.6) is 0 Å². The Labute approximate surface area is 126 Å². The van der Waals surface area contributed by atoms with Gasteiger partial charge in [-0.1, -0.05) is 20.8 Å². The summed E-state index contributed by atoms with van der Waals surface area (Å²) in [6.07, 6.45) is 4.57. The Hall–Kier alpha value is -0.120. The molecule has 1 fully saturated rings. The van der Waals surface area contributed by atoms with Crippen LogP contribution in [-0.2, 0) is 0 Å². The lowest BCUT2D eigenvalue weighted by molar-refractivity contribution is 0.0189. The molecule has 1 aliphatic rings. The SMILES string of the molecule is CCN(CCCN(C)C)CC1CC(C(C)C)CCC1O. The predicted molar refractivity (Wildman–Crippen MR) is 87.0 cm³/mol. The van der Waals surface area contributed by atoms with E-state index >= 15 is 0 Å². The first kappa shape index (κ1) is 17.9. The molecule has 0 heterocycles. The number of hydrogen-bond acceptors (Lipinski definition) is 3. The topological polar surface area (TPSA) is 26.7 Å². The molecule has 0 aromatic carbocycles. The van der Waals surface area contributed by atoms with Crippen molar-refractivity contribution in [3.8, 4) is 0 Å². The van der Waals surface area contributed by atoms with E-state index in [0.29, 0.717) is 5.92 Å². The van der Waals surface area contributed by atoms with E-state index < -0.39 is 0 Å². The fourth-order valence-electron chi connectivity index (χ4n) is 3.41. The van der Waals surface area contributed by atoms with Crippen LogP contribution < -0.4 is 0 Å². The van der Waals surface area contributed by atoms with Gasteiger partial charge in [0.1, 0.15) is 0 Å². The van der Waals surface area contributed by atoms with Gasteiger partial charge in [-0.3, -0.25) is 0 Å². The van der Waals surface area contributed by atoms with Crippen molar-refractivity contribution in [2.45, 2.75) is 52.6 Å². The number of rotatable bonds is 8. The number of aliphatic hydroxyl groups is 1. The normalized spacial score (nSPS) is 27.8. The van der Waals surface area contributed by atoms with Gasteiger partial charge in [-0.15, -0.1) is 0 Å². The van der Waals surface area contributed by atoms with E-state index in [4.69, 9.17) is 0 Å². The molecule has 1 aliphatic carbocycles. The monoisotopic (exact) mass is 284 g/mol. The first-order valence-electron chi connectivity index (χ1n) is 8.49. The predicted octanol–water partition coefficient (Wildman–Crippen LogP) is 2.69. The van der Waals surface area contributed by atoms with Crippen LogP contribution in [-0.4, -0.2) is 61.3 Å². The summed E-state index contributed by atoms with van der Waals surface area (Å²) in [5, 5.41) is 10.3. The molecule has 1 rings (SSSR count). The average molecular weight is 284 g/mol. The van der Waals surface area contributed by atoms with Gasteiger partial charge in [-0.2, -0.15) is 0 Å². The molecule has 3 nitrogen and oxygen atoms in total. The highest BCUT2D eigenvalue weighted by Gasteiger charge is 2.31. The molecule has 0 aliphatic heterocycles. The van der Waals surface area contributed by atoms with Gasteiger partial charge in [-0.05, 0) is 77.2 Å². The highest BCUT2D eigenvalue weighted by molar-refractivity contribution is 4.83. The molecular weight excluding hydrogens is 248 g/mol. The fraction of sp³-hybridized carbons (Fsp3) is 1.00. The second-order valence-corrected chi connectivity index (χ2v) is 7.19. The summed E-state index contributed by atoms with van der Waals surface area (Å²) >= 11 is 0. The molecule has 0 spiro atoms. The summed E-state index contributed by atoms with van der Waals surface area (Å²) in [6, 6.07) is 0. The van der Waals surface area contributed by atoms with Gasteiger partial charge in [0.2, 0.25) is 0 Å². The molecule has 1 N–H and O–H groups in total. The minimum Gasteiger partial charge on any atom is -0.393 e. The first-order valence-corrected chi connectivity index (χ1v) is 8.49. The van der Waals surface area contributed by atoms with Gasteiger partial charge in [0.25, 0.3) is 0 Å². The Morgan fingerprint density at radius 1 is 1.15 bits per heavy atom. The Morgan fingerprint density at radius 3 is 2.40 bits per heavy atom. The molecule has 0 saturated heterocycles. The second-order valence-electron chi connectivity index (χ2n) is 7.19. The van der Waals surface area contributed by atoms with E-state index in [-0.39, 0.29) is 6.10 Å². The molecule has 120 valence electrons. The zero-order valence-corrected chi connectivity index (χ0v) is 14.3. The molecule has 3 unspecified atom stereocenters. The fourth-order valence-corrected chi connectivity index (χ4v) is 3.41. The van der Waals surface area contributed by atoms with Crippen molar-refractivity contribution >= 4 is 0 Å². The molecule has 0 radical (unpaired) electrons. The maximum Gasteiger partial charge on any atom is 0.0580 e. The third-order valence-corrected chi connectivity index (χ3v) is 4.95. The van der Waals surface area contributed by atoms with Crippen molar-refractivity contribution in [2.24, 2.45) is 17.8 Å². The largest absolute Gasteiger partial charge is 0.393 e. The zero-order chi connectivity index (χ0) is 15.1. The third kappa shape index (κ3) is 6.11. The van der Waals surface area contributed by atoms with Crippen molar-refractivity contribution in [3.05, 3.63) is 0 Å². The molecule has 0 bridgehead atoms. The number of aliphatic hydroxyl groups excluding tert-OH is 1.